The molecule has 0 saturated carbocycles. The third-order valence-corrected chi connectivity index (χ3v) is 4.29. The Balaban J connectivity index is 1.74. The van der Waals surface area contributed by atoms with Crippen molar-refractivity contribution in [1.29, 1.82) is 0 Å². The Hall–Kier alpha value is -2.99. The minimum atomic E-state index is -0.143. The van der Waals surface area contributed by atoms with Crippen molar-refractivity contribution in [1.82, 2.24) is 25.0 Å². The molecule has 0 fully saturated rings. The van der Waals surface area contributed by atoms with E-state index in [-0.39, 0.29) is 18.0 Å². The van der Waals surface area contributed by atoms with Gasteiger partial charge in [0.2, 0.25) is 0 Å². The number of nitrogens with one attached hydrogen (secondary N) is 1. The van der Waals surface area contributed by atoms with Crippen LogP contribution in [0, 0.1) is 0 Å². The zero-order chi connectivity index (χ0) is 18.5. The Bertz CT molecular complexity index is 845. The van der Waals surface area contributed by atoms with Gasteiger partial charge in [-0.3, -0.25) is 9.78 Å². The Kier molecular flexibility index (Phi) is 5.43. The third kappa shape index (κ3) is 3.97. The Morgan fingerprint density at radius 3 is 2.54 bits per heavy atom. The quantitative estimate of drug-likeness (QED) is 0.743. The SMILES string of the molecule is CC(NC(=O)c1cnn(-c2cccnc2)c1)C(c1ccccc1)N(C)C. The molecular formula is C20H23N5O. The van der Waals surface area contributed by atoms with Gasteiger partial charge in [-0.05, 0) is 38.7 Å². The van der Waals surface area contributed by atoms with E-state index in [9.17, 15) is 4.79 Å². The summed E-state index contributed by atoms with van der Waals surface area (Å²) in [5, 5.41) is 7.35. The van der Waals surface area contributed by atoms with Crippen LogP contribution in [0.1, 0.15) is 28.9 Å². The van der Waals surface area contributed by atoms with Crippen LogP contribution in [0.5, 0.6) is 0 Å². The number of likely N-dealkylation sites (N-methyl/N-ethyl adjacent to an activating group) is 1. The minimum Gasteiger partial charge on any atom is -0.348 e. The molecule has 2 unspecified atom stereocenters. The van der Waals surface area contributed by atoms with Gasteiger partial charge in [0.15, 0.2) is 0 Å². The van der Waals surface area contributed by atoms with Gasteiger partial charge >= 0.3 is 0 Å². The number of aromatic nitrogens is 3. The molecule has 0 aliphatic heterocycles. The summed E-state index contributed by atoms with van der Waals surface area (Å²) >= 11 is 0. The Morgan fingerprint density at radius 1 is 1.12 bits per heavy atom. The molecule has 0 spiro atoms. The summed E-state index contributed by atoms with van der Waals surface area (Å²) in [6.07, 6.45) is 6.69. The van der Waals surface area contributed by atoms with E-state index in [2.05, 4.69) is 32.4 Å². The van der Waals surface area contributed by atoms with Crippen molar-refractivity contribution in [3.05, 3.63) is 78.4 Å². The molecule has 2 atom stereocenters. The molecule has 134 valence electrons. The number of amides is 1. The predicted octanol–water partition coefficient (Wildman–Crippen LogP) is 2.69. The van der Waals surface area contributed by atoms with Crippen molar-refractivity contribution in [2.75, 3.05) is 14.1 Å². The predicted molar refractivity (Wildman–Crippen MR) is 101 cm³/mol. The van der Waals surface area contributed by atoms with Crippen molar-refractivity contribution in [2.24, 2.45) is 0 Å². The first kappa shape index (κ1) is 17.8. The summed E-state index contributed by atoms with van der Waals surface area (Å²) in [7, 11) is 4.03. The fraction of sp³-hybridized carbons (Fsp3) is 0.250. The van der Waals surface area contributed by atoms with Crippen LogP contribution in [0.15, 0.2) is 67.3 Å². The summed E-state index contributed by atoms with van der Waals surface area (Å²) in [5.74, 6) is -0.143. The maximum Gasteiger partial charge on any atom is 0.254 e. The van der Waals surface area contributed by atoms with Crippen molar-refractivity contribution < 1.29 is 4.79 Å². The zero-order valence-electron chi connectivity index (χ0n) is 15.2. The summed E-state index contributed by atoms with van der Waals surface area (Å²) in [6, 6.07) is 13.9. The number of hydrogen-bond donors (Lipinski definition) is 1. The van der Waals surface area contributed by atoms with E-state index >= 15 is 0 Å². The van der Waals surface area contributed by atoms with Gasteiger partial charge in [0.1, 0.15) is 0 Å². The lowest BCUT2D eigenvalue weighted by Gasteiger charge is -2.31. The highest BCUT2D eigenvalue weighted by molar-refractivity contribution is 5.94. The molecule has 1 N–H and O–H groups in total. The van der Waals surface area contributed by atoms with Crippen LogP contribution in [0.4, 0.5) is 0 Å². The lowest BCUT2D eigenvalue weighted by Crippen LogP contribution is -2.42. The lowest BCUT2D eigenvalue weighted by molar-refractivity contribution is 0.0915. The van der Waals surface area contributed by atoms with Crippen LogP contribution in [0.2, 0.25) is 0 Å². The van der Waals surface area contributed by atoms with Gasteiger partial charge in [-0.1, -0.05) is 30.3 Å². The lowest BCUT2D eigenvalue weighted by atomic mass is 9.99. The fourth-order valence-corrected chi connectivity index (χ4v) is 3.12. The molecule has 3 rings (SSSR count). The van der Waals surface area contributed by atoms with E-state index in [4.69, 9.17) is 0 Å². The number of hydrogen-bond acceptors (Lipinski definition) is 4. The fourth-order valence-electron chi connectivity index (χ4n) is 3.12. The first-order chi connectivity index (χ1) is 12.6. The average molecular weight is 349 g/mol. The van der Waals surface area contributed by atoms with E-state index in [1.165, 1.54) is 0 Å². The molecule has 3 aromatic rings. The van der Waals surface area contributed by atoms with Crippen molar-refractivity contribution in [3.8, 4) is 5.69 Å². The number of carbonyl (C=O) groups excluding carboxylic acids is 1. The third-order valence-electron chi connectivity index (χ3n) is 4.29. The topological polar surface area (TPSA) is 63.1 Å². The van der Waals surface area contributed by atoms with Gasteiger partial charge in [0.05, 0.1) is 29.7 Å². The smallest absolute Gasteiger partial charge is 0.254 e. The highest BCUT2D eigenvalue weighted by Crippen LogP contribution is 2.22. The molecule has 0 radical (unpaired) electrons. The number of pyridine rings is 1. The Morgan fingerprint density at radius 2 is 1.88 bits per heavy atom. The molecule has 0 aliphatic rings. The van der Waals surface area contributed by atoms with Crippen molar-refractivity contribution in [3.63, 3.8) is 0 Å². The second-order valence-corrected chi connectivity index (χ2v) is 6.47. The second-order valence-electron chi connectivity index (χ2n) is 6.47. The highest BCUT2D eigenvalue weighted by atomic mass is 16.1. The van der Waals surface area contributed by atoms with Gasteiger partial charge in [0, 0.05) is 18.4 Å². The monoisotopic (exact) mass is 349 g/mol. The summed E-state index contributed by atoms with van der Waals surface area (Å²) in [6.45, 7) is 2.01. The zero-order valence-corrected chi connectivity index (χ0v) is 15.2. The van der Waals surface area contributed by atoms with E-state index in [1.54, 1.807) is 29.5 Å². The number of rotatable bonds is 6. The van der Waals surface area contributed by atoms with Gasteiger partial charge < -0.3 is 10.2 Å². The summed E-state index contributed by atoms with van der Waals surface area (Å²) in [5.41, 5.74) is 2.50. The van der Waals surface area contributed by atoms with Crippen molar-refractivity contribution >= 4 is 5.91 Å². The van der Waals surface area contributed by atoms with E-state index in [1.807, 2.05) is 51.4 Å². The first-order valence-corrected chi connectivity index (χ1v) is 8.53. The minimum absolute atomic E-state index is 0.0679. The molecule has 0 saturated heterocycles. The molecule has 6 nitrogen and oxygen atoms in total. The highest BCUT2D eigenvalue weighted by Gasteiger charge is 2.23. The van der Waals surface area contributed by atoms with Crippen LogP contribution < -0.4 is 5.32 Å². The van der Waals surface area contributed by atoms with Gasteiger partial charge in [0.25, 0.3) is 5.91 Å². The first-order valence-electron chi connectivity index (χ1n) is 8.53. The van der Waals surface area contributed by atoms with E-state index in [0.717, 1.165) is 11.3 Å². The number of carbonyl (C=O) groups is 1. The van der Waals surface area contributed by atoms with Gasteiger partial charge in [-0.15, -0.1) is 0 Å². The van der Waals surface area contributed by atoms with Crippen LogP contribution in [0.25, 0.3) is 5.69 Å². The standard InChI is InChI=1S/C20H23N5O/c1-15(19(24(2)3)16-8-5-4-6-9-16)23-20(26)17-12-22-25(14-17)18-10-7-11-21-13-18/h4-15,19H,1-3H3,(H,23,26). The molecule has 0 aliphatic carbocycles. The van der Waals surface area contributed by atoms with E-state index in [0.29, 0.717) is 5.56 Å². The Labute approximate surface area is 153 Å². The van der Waals surface area contributed by atoms with Gasteiger partial charge in [-0.25, -0.2) is 4.68 Å². The molecule has 1 amide bonds. The normalized spacial score (nSPS) is 13.4. The molecule has 2 aromatic heterocycles. The van der Waals surface area contributed by atoms with Crippen LogP contribution in [-0.4, -0.2) is 45.7 Å². The average Bonchev–Trinajstić information content (AvgIpc) is 3.13. The molecule has 2 heterocycles. The molecular weight excluding hydrogens is 326 g/mol. The largest absolute Gasteiger partial charge is 0.348 e. The number of benzene rings is 1. The summed E-state index contributed by atoms with van der Waals surface area (Å²) < 4.78 is 1.65. The molecule has 0 bridgehead atoms. The summed E-state index contributed by atoms with van der Waals surface area (Å²) in [4.78, 5) is 18.8. The van der Waals surface area contributed by atoms with E-state index < -0.39 is 0 Å². The molecule has 6 heteroatoms. The molecule has 26 heavy (non-hydrogen) atoms. The maximum absolute atomic E-state index is 12.7. The second kappa shape index (κ2) is 7.93. The van der Waals surface area contributed by atoms with Crippen LogP contribution in [0.3, 0.4) is 0 Å². The van der Waals surface area contributed by atoms with Crippen LogP contribution in [-0.2, 0) is 0 Å². The van der Waals surface area contributed by atoms with Crippen molar-refractivity contribution in [2.45, 2.75) is 19.0 Å². The maximum atomic E-state index is 12.7. The molecule has 1 aromatic carbocycles. The number of nitrogens with zero attached hydrogens (tertiary/aromatic N) is 4. The van der Waals surface area contributed by atoms with Crippen LogP contribution >= 0.6 is 0 Å². The van der Waals surface area contributed by atoms with Gasteiger partial charge in [-0.2, -0.15) is 5.10 Å².